The van der Waals surface area contributed by atoms with Gasteiger partial charge in [0.05, 0.1) is 19.9 Å². The van der Waals surface area contributed by atoms with Crippen LogP contribution < -0.4 is 19.1 Å². The average molecular weight is 410 g/mol. The van der Waals surface area contributed by atoms with Crippen molar-refractivity contribution in [3.63, 3.8) is 0 Å². The van der Waals surface area contributed by atoms with E-state index in [0.717, 1.165) is 4.90 Å². The number of oxime groups is 1. The zero-order valence-corrected chi connectivity index (χ0v) is 16.4. The summed E-state index contributed by atoms with van der Waals surface area (Å²) in [5.41, 5.74) is 1.15. The number of methoxy groups -OCH3 is 2. The maximum atomic E-state index is 13.2. The number of hydrogen-bond donors (Lipinski definition) is 0. The second-order valence-electron chi connectivity index (χ2n) is 6.65. The number of anilines is 1. The Labute approximate surface area is 171 Å². The van der Waals surface area contributed by atoms with Gasteiger partial charge in [0, 0.05) is 12.5 Å². The van der Waals surface area contributed by atoms with E-state index in [1.165, 1.54) is 45.4 Å². The SMILES string of the molecule is COc1ccc(OC)c(C2=NO[C@@H]3C(=O)N(c4ccc(OC(C)=O)cc4)C(=O)[C@H]23)c1. The second-order valence-corrected chi connectivity index (χ2v) is 6.65. The van der Waals surface area contributed by atoms with Gasteiger partial charge in [0.2, 0.25) is 12.0 Å². The Morgan fingerprint density at radius 2 is 1.70 bits per heavy atom. The third kappa shape index (κ3) is 3.14. The van der Waals surface area contributed by atoms with E-state index in [1.807, 2.05) is 0 Å². The van der Waals surface area contributed by atoms with Crippen molar-refractivity contribution >= 4 is 29.2 Å². The van der Waals surface area contributed by atoms with Crippen molar-refractivity contribution in [2.24, 2.45) is 11.1 Å². The first-order valence-corrected chi connectivity index (χ1v) is 9.07. The summed E-state index contributed by atoms with van der Waals surface area (Å²) in [5, 5.41) is 4.01. The van der Waals surface area contributed by atoms with Crippen molar-refractivity contribution in [3.8, 4) is 17.2 Å². The van der Waals surface area contributed by atoms with Crippen molar-refractivity contribution in [3.05, 3.63) is 48.0 Å². The first kappa shape index (κ1) is 19.4. The largest absolute Gasteiger partial charge is 0.497 e. The lowest BCUT2D eigenvalue weighted by atomic mass is 9.93. The van der Waals surface area contributed by atoms with Crippen molar-refractivity contribution in [1.29, 1.82) is 0 Å². The predicted molar refractivity (Wildman–Crippen MR) is 105 cm³/mol. The van der Waals surface area contributed by atoms with Gasteiger partial charge in [-0.3, -0.25) is 14.4 Å². The quantitative estimate of drug-likeness (QED) is 0.421. The van der Waals surface area contributed by atoms with Gasteiger partial charge >= 0.3 is 5.97 Å². The Hall–Kier alpha value is -3.88. The van der Waals surface area contributed by atoms with Gasteiger partial charge < -0.3 is 19.0 Å². The summed E-state index contributed by atoms with van der Waals surface area (Å²) in [4.78, 5) is 43.5. The van der Waals surface area contributed by atoms with Crippen LogP contribution in [0.15, 0.2) is 47.6 Å². The highest BCUT2D eigenvalue weighted by Crippen LogP contribution is 2.38. The molecule has 0 bridgehead atoms. The lowest BCUT2D eigenvalue weighted by Crippen LogP contribution is -2.33. The molecule has 30 heavy (non-hydrogen) atoms. The number of imide groups is 1. The number of esters is 1. The molecule has 9 nitrogen and oxygen atoms in total. The van der Waals surface area contributed by atoms with E-state index in [-0.39, 0.29) is 0 Å². The lowest BCUT2D eigenvalue weighted by molar-refractivity contribution is -0.132. The predicted octanol–water partition coefficient (Wildman–Crippen LogP) is 1.92. The van der Waals surface area contributed by atoms with Crippen LogP contribution in [-0.2, 0) is 19.2 Å². The number of benzene rings is 2. The molecule has 0 aromatic heterocycles. The Bertz CT molecular complexity index is 1060. The molecule has 0 spiro atoms. The van der Waals surface area contributed by atoms with Crippen LogP contribution in [0.5, 0.6) is 17.2 Å². The Kier molecular flexibility index (Phi) is 4.86. The zero-order chi connectivity index (χ0) is 21.4. The van der Waals surface area contributed by atoms with E-state index < -0.39 is 29.8 Å². The molecule has 4 rings (SSSR count). The summed E-state index contributed by atoms with van der Waals surface area (Å²) in [6.45, 7) is 1.29. The number of fused-ring (bicyclic) bond motifs is 1. The zero-order valence-electron chi connectivity index (χ0n) is 16.4. The normalized spacial score (nSPS) is 19.8. The standard InChI is InChI=1S/C21H18N2O7/c1-11(24)29-13-6-4-12(5-7-13)23-20(25)17-18(22-30-19(17)21(23)26)15-10-14(27-2)8-9-16(15)28-3/h4-10,17,19H,1-3H3/t17-,19+/m1/s1. The Balaban J connectivity index is 1.66. The third-order valence-electron chi connectivity index (χ3n) is 4.85. The fourth-order valence-corrected chi connectivity index (χ4v) is 3.50. The maximum absolute atomic E-state index is 13.2. The highest BCUT2D eigenvalue weighted by molar-refractivity contribution is 6.32. The van der Waals surface area contributed by atoms with Gasteiger partial charge in [-0.2, -0.15) is 0 Å². The molecule has 2 aromatic carbocycles. The van der Waals surface area contributed by atoms with E-state index in [1.54, 1.807) is 18.2 Å². The lowest BCUT2D eigenvalue weighted by Gasteiger charge is -2.16. The highest BCUT2D eigenvalue weighted by atomic mass is 16.7. The van der Waals surface area contributed by atoms with Crippen molar-refractivity contribution in [2.45, 2.75) is 13.0 Å². The van der Waals surface area contributed by atoms with Crippen LogP contribution in [0.2, 0.25) is 0 Å². The van der Waals surface area contributed by atoms with Crippen molar-refractivity contribution < 1.29 is 33.4 Å². The fraction of sp³-hybridized carbons (Fsp3) is 0.238. The van der Waals surface area contributed by atoms with Gasteiger partial charge in [0.1, 0.15) is 28.9 Å². The minimum Gasteiger partial charge on any atom is -0.497 e. The van der Waals surface area contributed by atoms with E-state index in [4.69, 9.17) is 19.0 Å². The molecule has 2 atom stereocenters. The molecule has 0 saturated carbocycles. The number of hydrogen-bond acceptors (Lipinski definition) is 8. The summed E-state index contributed by atoms with van der Waals surface area (Å²) in [6, 6.07) is 11.2. The minimum atomic E-state index is -1.06. The molecule has 154 valence electrons. The molecular formula is C21H18N2O7. The molecule has 2 aliphatic heterocycles. The molecule has 0 N–H and O–H groups in total. The number of carbonyl (C=O) groups excluding carboxylic acids is 3. The van der Waals surface area contributed by atoms with Crippen LogP contribution in [0.3, 0.4) is 0 Å². The fourth-order valence-electron chi connectivity index (χ4n) is 3.50. The second kappa shape index (κ2) is 7.51. The minimum absolute atomic E-state index is 0.299. The summed E-state index contributed by atoms with van der Waals surface area (Å²) >= 11 is 0. The van der Waals surface area contributed by atoms with Crippen LogP contribution in [0.25, 0.3) is 0 Å². The van der Waals surface area contributed by atoms with Crippen molar-refractivity contribution in [1.82, 2.24) is 0 Å². The highest BCUT2D eigenvalue weighted by Gasteiger charge is 2.56. The Morgan fingerprint density at radius 3 is 2.33 bits per heavy atom. The van der Waals surface area contributed by atoms with Crippen LogP contribution in [0.4, 0.5) is 5.69 Å². The van der Waals surface area contributed by atoms with Gasteiger partial charge in [-0.25, -0.2) is 4.90 Å². The van der Waals surface area contributed by atoms with Gasteiger partial charge in [-0.1, -0.05) is 5.16 Å². The van der Waals surface area contributed by atoms with E-state index >= 15 is 0 Å². The monoisotopic (exact) mass is 410 g/mol. The molecule has 1 fully saturated rings. The van der Waals surface area contributed by atoms with Crippen molar-refractivity contribution in [2.75, 3.05) is 19.1 Å². The molecule has 9 heteroatoms. The number of nitrogens with zero attached hydrogens (tertiary/aromatic N) is 2. The molecule has 0 radical (unpaired) electrons. The summed E-state index contributed by atoms with van der Waals surface area (Å²) in [7, 11) is 3.02. The van der Waals surface area contributed by atoms with Gasteiger partial charge in [0.15, 0.2) is 0 Å². The first-order valence-electron chi connectivity index (χ1n) is 9.07. The van der Waals surface area contributed by atoms with E-state index in [0.29, 0.717) is 34.2 Å². The van der Waals surface area contributed by atoms with Crippen LogP contribution >= 0.6 is 0 Å². The number of carbonyl (C=O) groups is 3. The molecule has 2 aliphatic rings. The van der Waals surface area contributed by atoms with Crippen LogP contribution in [0.1, 0.15) is 12.5 Å². The van der Waals surface area contributed by atoms with Gasteiger partial charge in [-0.15, -0.1) is 0 Å². The molecule has 2 aromatic rings. The molecule has 0 unspecified atom stereocenters. The number of ether oxygens (including phenoxy) is 3. The van der Waals surface area contributed by atoms with E-state index in [9.17, 15) is 14.4 Å². The van der Waals surface area contributed by atoms with Crippen LogP contribution in [0, 0.1) is 5.92 Å². The summed E-state index contributed by atoms with van der Waals surface area (Å²) in [5.74, 6) is -1.03. The van der Waals surface area contributed by atoms with E-state index in [2.05, 4.69) is 5.16 Å². The Morgan fingerprint density at radius 1 is 1.00 bits per heavy atom. The third-order valence-corrected chi connectivity index (χ3v) is 4.85. The maximum Gasteiger partial charge on any atom is 0.308 e. The summed E-state index contributed by atoms with van der Waals surface area (Å²) in [6.07, 6.45) is -1.06. The summed E-state index contributed by atoms with van der Waals surface area (Å²) < 4.78 is 15.6. The molecule has 2 amide bonds. The average Bonchev–Trinajstić information content (AvgIpc) is 3.28. The molecule has 1 saturated heterocycles. The topological polar surface area (TPSA) is 104 Å². The molecule has 2 heterocycles. The number of amides is 2. The smallest absolute Gasteiger partial charge is 0.308 e. The molecular weight excluding hydrogens is 392 g/mol. The van der Waals surface area contributed by atoms with Gasteiger partial charge in [-0.05, 0) is 42.5 Å². The first-order chi connectivity index (χ1) is 14.4. The number of rotatable bonds is 5. The molecule has 0 aliphatic carbocycles. The van der Waals surface area contributed by atoms with Gasteiger partial charge in [0.25, 0.3) is 5.91 Å². The van der Waals surface area contributed by atoms with Crippen LogP contribution in [-0.4, -0.2) is 43.8 Å².